The van der Waals surface area contributed by atoms with Crippen LogP contribution in [0, 0.1) is 29.6 Å². The van der Waals surface area contributed by atoms with E-state index in [0.29, 0.717) is 12.5 Å². The summed E-state index contributed by atoms with van der Waals surface area (Å²) >= 11 is 0. The van der Waals surface area contributed by atoms with E-state index in [1.165, 1.54) is 0 Å². The second-order valence-electron chi connectivity index (χ2n) is 3.60. The van der Waals surface area contributed by atoms with Crippen LogP contribution < -0.4 is 5.32 Å². The molecule has 0 aromatic rings. The van der Waals surface area contributed by atoms with E-state index >= 15 is 0 Å². The fraction of sp³-hybridized carbons (Fsp3) is 0.700. The van der Waals surface area contributed by atoms with Crippen molar-refractivity contribution in [2.24, 2.45) is 5.92 Å². The third-order valence-electron chi connectivity index (χ3n) is 2.50. The summed E-state index contributed by atoms with van der Waals surface area (Å²) in [4.78, 5) is 0. The largest absolute Gasteiger partial charge is 0.288 e. The Balaban J connectivity index is 2.55. The maximum atomic E-state index is 8.98. The van der Waals surface area contributed by atoms with Crippen molar-refractivity contribution in [3.05, 3.63) is 0 Å². The standard InChI is InChI=1S/C10H14N2/c1-3-6-12-10(8-11)5-4-9(2)7-10/h1,9,12H,4-7H2,2H3. The number of hydrogen-bond donors (Lipinski definition) is 1. The van der Waals surface area contributed by atoms with E-state index in [1.54, 1.807) is 0 Å². The predicted octanol–water partition coefficient (Wildman–Crippen LogP) is 1.29. The Hall–Kier alpha value is -0.990. The van der Waals surface area contributed by atoms with Gasteiger partial charge < -0.3 is 0 Å². The van der Waals surface area contributed by atoms with Gasteiger partial charge in [0.05, 0.1) is 12.6 Å². The Kier molecular flexibility index (Phi) is 2.74. The third-order valence-corrected chi connectivity index (χ3v) is 2.50. The molecule has 1 aliphatic carbocycles. The van der Waals surface area contributed by atoms with Gasteiger partial charge in [-0.25, -0.2) is 0 Å². The molecule has 2 atom stereocenters. The number of terminal acetylenes is 1. The molecule has 1 N–H and O–H groups in total. The SMILES string of the molecule is C#CCNC1(C#N)CCC(C)C1. The molecule has 1 rings (SSSR count). The molecule has 0 spiro atoms. The highest BCUT2D eigenvalue weighted by molar-refractivity contribution is 5.12. The Morgan fingerprint density at radius 3 is 2.92 bits per heavy atom. The molecule has 0 aliphatic heterocycles. The zero-order valence-corrected chi connectivity index (χ0v) is 7.43. The lowest BCUT2D eigenvalue weighted by Gasteiger charge is -2.20. The van der Waals surface area contributed by atoms with Crippen LogP contribution in [0.4, 0.5) is 0 Å². The Bertz CT molecular complexity index is 233. The van der Waals surface area contributed by atoms with Crippen molar-refractivity contribution in [3.8, 4) is 18.4 Å². The van der Waals surface area contributed by atoms with Crippen LogP contribution >= 0.6 is 0 Å². The maximum Gasteiger partial charge on any atom is 0.107 e. The zero-order valence-electron chi connectivity index (χ0n) is 7.43. The summed E-state index contributed by atoms with van der Waals surface area (Å²) in [6.45, 7) is 2.68. The number of nitrogens with zero attached hydrogens (tertiary/aromatic N) is 1. The molecule has 1 fully saturated rings. The first-order valence-corrected chi connectivity index (χ1v) is 4.32. The molecular formula is C10H14N2. The minimum absolute atomic E-state index is 0.328. The second kappa shape index (κ2) is 3.61. The van der Waals surface area contributed by atoms with Gasteiger partial charge in [0.25, 0.3) is 0 Å². The topological polar surface area (TPSA) is 35.8 Å². The van der Waals surface area contributed by atoms with Gasteiger partial charge in [0.1, 0.15) is 5.54 Å². The first kappa shape index (κ1) is 9.10. The number of hydrogen-bond acceptors (Lipinski definition) is 2. The van der Waals surface area contributed by atoms with Gasteiger partial charge in [0.15, 0.2) is 0 Å². The molecule has 0 amide bonds. The molecule has 0 heterocycles. The van der Waals surface area contributed by atoms with Gasteiger partial charge in [-0.05, 0) is 25.2 Å². The van der Waals surface area contributed by atoms with E-state index in [2.05, 4.69) is 24.2 Å². The van der Waals surface area contributed by atoms with Crippen molar-refractivity contribution in [1.82, 2.24) is 5.32 Å². The van der Waals surface area contributed by atoms with Crippen LogP contribution in [0.2, 0.25) is 0 Å². The van der Waals surface area contributed by atoms with E-state index in [-0.39, 0.29) is 5.54 Å². The Labute approximate surface area is 74.0 Å². The fourth-order valence-corrected chi connectivity index (χ4v) is 1.81. The quantitative estimate of drug-likeness (QED) is 0.621. The first-order chi connectivity index (χ1) is 5.72. The molecule has 1 aliphatic rings. The zero-order chi connectivity index (χ0) is 9.03. The summed E-state index contributed by atoms with van der Waals surface area (Å²) in [6.07, 6.45) is 8.14. The summed E-state index contributed by atoms with van der Waals surface area (Å²) in [5.74, 6) is 3.15. The van der Waals surface area contributed by atoms with Crippen LogP contribution in [0.1, 0.15) is 26.2 Å². The van der Waals surface area contributed by atoms with Gasteiger partial charge in [0.2, 0.25) is 0 Å². The van der Waals surface area contributed by atoms with E-state index in [4.69, 9.17) is 11.7 Å². The molecule has 2 unspecified atom stereocenters. The van der Waals surface area contributed by atoms with Gasteiger partial charge in [0, 0.05) is 0 Å². The fourth-order valence-electron chi connectivity index (χ4n) is 1.81. The number of rotatable bonds is 2. The van der Waals surface area contributed by atoms with Gasteiger partial charge >= 0.3 is 0 Å². The van der Waals surface area contributed by atoms with Crippen molar-refractivity contribution < 1.29 is 0 Å². The van der Waals surface area contributed by atoms with Crippen molar-refractivity contribution in [1.29, 1.82) is 5.26 Å². The van der Waals surface area contributed by atoms with Gasteiger partial charge in [-0.15, -0.1) is 6.42 Å². The lowest BCUT2D eigenvalue weighted by Crippen LogP contribution is -2.41. The van der Waals surface area contributed by atoms with Gasteiger partial charge in [-0.2, -0.15) is 5.26 Å². The Morgan fingerprint density at radius 2 is 2.50 bits per heavy atom. The molecule has 1 saturated carbocycles. The molecule has 12 heavy (non-hydrogen) atoms. The second-order valence-corrected chi connectivity index (χ2v) is 3.60. The van der Waals surface area contributed by atoms with E-state index in [9.17, 15) is 0 Å². The molecule has 2 nitrogen and oxygen atoms in total. The molecule has 64 valence electrons. The van der Waals surface area contributed by atoms with Crippen LogP contribution in [-0.4, -0.2) is 12.1 Å². The molecule has 0 bridgehead atoms. The number of nitriles is 1. The highest BCUT2D eigenvalue weighted by atomic mass is 15.0. The summed E-state index contributed by atoms with van der Waals surface area (Å²) in [7, 11) is 0. The lowest BCUT2D eigenvalue weighted by atomic mass is 9.98. The normalized spacial score (nSPS) is 34.1. The van der Waals surface area contributed by atoms with Crippen LogP contribution in [0.5, 0.6) is 0 Å². The average molecular weight is 162 g/mol. The van der Waals surface area contributed by atoms with Gasteiger partial charge in [-0.1, -0.05) is 12.8 Å². The lowest BCUT2D eigenvalue weighted by molar-refractivity contribution is 0.431. The summed E-state index contributed by atoms with van der Waals surface area (Å²) in [5, 5.41) is 12.1. The van der Waals surface area contributed by atoms with E-state index in [0.717, 1.165) is 19.3 Å². The van der Waals surface area contributed by atoms with Crippen molar-refractivity contribution in [2.45, 2.75) is 31.7 Å². The molecule has 0 radical (unpaired) electrons. The minimum atomic E-state index is -0.328. The van der Waals surface area contributed by atoms with Crippen LogP contribution in [0.15, 0.2) is 0 Å². The molecule has 0 saturated heterocycles. The highest BCUT2D eigenvalue weighted by Crippen LogP contribution is 2.33. The number of nitrogens with one attached hydrogen (secondary N) is 1. The summed E-state index contributed by atoms with van der Waals surface area (Å²) < 4.78 is 0. The molecule has 2 heteroatoms. The van der Waals surface area contributed by atoms with Crippen molar-refractivity contribution >= 4 is 0 Å². The molecule has 0 aromatic heterocycles. The van der Waals surface area contributed by atoms with E-state index < -0.39 is 0 Å². The highest BCUT2D eigenvalue weighted by Gasteiger charge is 2.36. The smallest absolute Gasteiger partial charge is 0.107 e. The Morgan fingerprint density at radius 1 is 1.75 bits per heavy atom. The molecular weight excluding hydrogens is 148 g/mol. The predicted molar refractivity (Wildman–Crippen MR) is 48.2 cm³/mol. The summed E-state index contributed by atoms with van der Waals surface area (Å²) in [6, 6.07) is 2.34. The average Bonchev–Trinajstić information content (AvgIpc) is 2.45. The van der Waals surface area contributed by atoms with Crippen molar-refractivity contribution in [3.63, 3.8) is 0 Å². The monoisotopic (exact) mass is 162 g/mol. The minimum Gasteiger partial charge on any atom is -0.288 e. The molecule has 0 aromatic carbocycles. The van der Waals surface area contributed by atoms with E-state index in [1.807, 2.05) is 0 Å². The first-order valence-electron chi connectivity index (χ1n) is 4.32. The van der Waals surface area contributed by atoms with Gasteiger partial charge in [-0.3, -0.25) is 5.32 Å². The maximum absolute atomic E-state index is 8.98. The van der Waals surface area contributed by atoms with Crippen molar-refractivity contribution in [2.75, 3.05) is 6.54 Å². The van der Waals surface area contributed by atoms with Crippen LogP contribution in [0.3, 0.4) is 0 Å². The van der Waals surface area contributed by atoms with Crippen LogP contribution in [-0.2, 0) is 0 Å². The van der Waals surface area contributed by atoms with Crippen LogP contribution in [0.25, 0.3) is 0 Å². The summed E-state index contributed by atoms with van der Waals surface area (Å²) in [5.41, 5.74) is -0.328. The third kappa shape index (κ3) is 1.78.